The van der Waals surface area contributed by atoms with E-state index in [0.717, 1.165) is 32.2 Å². The number of hydrogen-bond donors (Lipinski definition) is 1. The summed E-state index contributed by atoms with van der Waals surface area (Å²) in [6.07, 6.45) is 3.05. The molecule has 0 bridgehead atoms. The normalized spacial score (nSPS) is 23.3. The van der Waals surface area contributed by atoms with Crippen molar-refractivity contribution in [2.24, 2.45) is 5.92 Å². The molecule has 2 fully saturated rings. The smallest absolute Gasteiger partial charge is 0.410 e. The molecule has 0 spiro atoms. The Morgan fingerprint density at radius 2 is 1.39 bits per heavy atom. The Kier molecular flexibility index (Phi) is 14.0. The van der Waals surface area contributed by atoms with E-state index < -0.39 is 11.2 Å². The highest BCUT2D eigenvalue weighted by Gasteiger charge is 2.31. The molecule has 1 N–H and O–H groups in total. The molecular weight excluding hydrogens is 420 g/mol. The molecular formula is C26H52N2O5. The van der Waals surface area contributed by atoms with Crippen LogP contribution in [-0.4, -0.2) is 70.1 Å². The highest BCUT2D eigenvalue weighted by Crippen LogP contribution is 2.24. The number of amides is 2. The topological polar surface area (TPSA) is 79.3 Å². The molecule has 2 aliphatic heterocycles. The molecule has 2 saturated heterocycles. The van der Waals surface area contributed by atoms with Gasteiger partial charge in [-0.3, -0.25) is 0 Å². The maximum Gasteiger partial charge on any atom is 0.410 e. The zero-order chi connectivity index (χ0) is 24.0. The summed E-state index contributed by atoms with van der Waals surface area (Å²) in [5, 5.41) is 9.09. The molecule has 3 atom stereocenters. The molecule has 2 rings (SSSR count). The maximum atomic E-state index is 11.9. The zero-order valence-corrected chi connectivity index (χ0v) is 20.9. The quantitative estimate of drug-likeness (QED) is 0.456. The third-order valence-corrected chi connectivity index (χ3v) is 5.32. The van der Waals surface area contributed by atoms with Gasteiger partial charge in [0.1, 0.15) is 11.2 Å². The summed E-state index contributed by atoms with van der Waals surface area (Å²) < 4.78 is 10.7. The van der Waals surface area contributed by atoms with Gasteiger partial charge in [-0.25, -0.2) is 9.59 Å². The Hall–Kier alpha value is -1.76. The Bertz CT molecular complexity index is 621. The number of hydrogen-bond acceptors (Lipinski definition) is 5. The highest BCUT2D eigenvalue weighted by atomic mass is 16.6. The van der Waals surface area contributed by atoms with E-state index >= 15 is 0 Å². The van der Waals surface area contributed by atoms with E-state index in [1.807, 2.05) is 55.4 Å². The molecule has 0 saturated carbocycles. The largest absolute Gasteiger partial charge is 0.444 e. The first-order valence-electron chi connectivity index (χ1n) is 11.4. The van der Waals surface area contributed by atoms with E-state index in [4.69, 9.17) is 14.6 Å². The van der Waals surface area contributed by atoms with Crippen LogP contribution in [0.1, 0.15) is 95.9 Å². The predicted octanol–water partition coefficient (Wildman–Crippen LogP) is 6.25. The summed E-state index contributed by atoms with van der Waals surface area (Å²) in [6.45, 7) is 20.9. The number of carbonyl (C=O) groups excluding carboxylic acids is 2. The first-order valence-corrected chi connectivity index (χ1v) is 11.4. The van der Waals surface area contributed by atoms with Crippen molar-refractivity contribution in [1.29, 1.82) is 0 Å². The van der Waals surface area contributed by atoms with Gasteiger partial charge in [0.05, 0.1) is 0 Å². The number of aliphatic hydroxyl groups excluding tert-OH is 1. The van der Waals surface area contributed by atoms with E-state index in [1.54, 1.807) is 9.80 Å². The van der Waals surface area contributed by atoms with E-state index in [9.17, 15) is 9.59 Å². The van der Waals surface area contributed by atoms with E-state index in [1.165, 1.54) is 5.57 Å². The van der Waals surface area contributed by atoms with Crippen LogP contribution in [0.15, 0.2) is 12.2 Å². The Morgan fingerprint density at radius 3 is 1.76 bits per heavy atom. The SMILES string of the molecule is C.C.C=C1CCN(C(=O)OC(C)(C)C)C(C)C1.CC1CC(CO)CCN1C(=O)OC(C)(C)C. The number of piperidine rings is 2. The fourth-order valence-electron chi connectivity index (χ4n) is 3.75. The van der Waals surface area contributed by atoms with Crippen LogP contribution >= 0.6 is 0 Å². The van der Waals surface area contributed by atoms with Gasteiger partial charge in [0.15, 0.2) is 0 Å². The van der Waals surface area contributed by atoms with Gasteiger partial charge in [-0.15, -0.1) is 0 Å². The number of rotatable bonds is 1. The molecule has 196 valence electrons. The van der Waals surface area contributed by atoms with Crippen molar-refractivity contribution in [2.45, 2.75) is 119 Å². The summed E-state index contributed by atoms with van der Waals surface area (Å²) in [6, 6.07) is 0.363. The molecule has 0 aliphatic carbocycles. The van der Waals surface area contributed by atoms with Crippen LogP contribution in [-0.2, 0) is 9.47 Å². The first-order chi connectivity index (χ1) is 14.1. The molecule has 0 radical (unpaired) electrons. The van der Waals surface area contributed by atoms with Crippen LogP contribution < -0.4 is 0 Å². The van der Waals surface area contributed by atoms with Crippen LogP contribution in [0.4, 0.5) is 9.59 Å². The van der Waals surface area contributed by atoms with E-state index in [-0.39, 0.29) is 45.7 Å². The second kappa shape index (κ2) is 13.8. The maximum absolute atomic E-state index is 11.9. The third kappa shape index (κ3) is 12.3. The lowest BCUT2D eigenvalue weighted by molar-refractivity contribution is 0.00348. The molecule has 3 unspecified atom stereocenters. The fraction of sp³-hybridized carbons (Fsp3) is 0.846. The van der Waals surface area contributed by atoms with Crippen molar-refractivity contribution < 1.29 is 24.2 Å². The van der Waals surface area contributed by atoms with Crippen LogP contribution in [0, 0.1) is 5.92 Å². The average molecular weight is 473 g/mol. The second-order valence-corrected chi connectivity index (χ2v) is 10.8. The van der Waals surface area contributed by atoms with Crippen LogP contribution in [0.3, 0.4) is 0 Å². The zero-order valence-electron chi connectivity index (χ0n) is 20.9. The molecule has 2 aliphatic rings. The van der Waals surface area contributed by atoms with E-state index in [2.05, 4.69) is 6.58 Å². The molecule has 2 amide bonds. The van der Waals surface area contributed by atoms with Gasteiger partial charge in [0, 0.05) is 31.8 Å². The lowest BCUT2D eigenvalue weighted by atomic mass is 9.93. The summed E-state index contributed by atoms with van der Waals surface area (Å²) in [7, 11) is 0. The summed E-state index contributed by atoms with van der Waals surface area (Å²) in [4.78, 5) is 27.2. The van der Waals surface area contributed by atoms with Crippen LogP contribution in [0.5, 0.6) is 0 Å². The van der Waals surface area contributed by atoms with Gasteiger partial charge in [-0.2, -0.15) is 0 Å². The van der Waals surface area contributed by atoms with Crippen LogP contribution in [0.25, 0.3) is 0 Å². The number of likely N-dealkylation sites (tertiary alicyclic amines) is 2. The van der Waals surface area contributed by atoms with Crippen molar-refractivity contribution in [1.82, 2.24) is 9.80 Å². The van der Waals surface area contributed by atoms with Gasteiger partial charge < -0.3 is 24.4 Å². The Labute approximate surface area is 203 Å². The van der Waals surface area contributed by atoms with Gasteiger partial charge >= 0.3 is 12.2 Å². The van der Waals surface area contributed by atoms with Crippen LogP contribution in [0.2, 0.25) is 0 Å². The highest BCUT2D eigenvalue weighted by molar-refractivity contribution is 5.69. The summed E-state index contributed by atoms with van der Waals surface area (Å²) in [5.41, 5.74) is 0.373. The lowest BCUT2D eigenvalue weighted by Gasteiger charge is -2.37. The summed E-state index contributed by atoms with van der Waals surface area (Å²) in [5.74, 6) is 0.327. The van der Waals surface area contributed by atoms with Gasteiger partial charge in [0.25, 0.3) is 0 Å². The van der Waals surface area contributed by atoms with Crippen molar-refractivity contribution in [3.05, 3.63) is 12.2 Å². The second-order valence-electron chi connectivity index (χ2n) is 10.8. The van der Waals surface area contributed by atoms with Gasteiger partial charge in [0.2, 0.25) is 0 Å². The van der Waals surface area contributed by atoms with Crippen molar-refractivity contribution >= 4 is 12.2 Å². The standard InChI is InChI=1S/C12H23NO3.C12H21NO2.2CH4/c1-9-7-10(8-14)5-6-13(9)11(15)16-12(2,3)4;1-9-6-7-13(10(2)8-9)11(14)15-12(3,4)5;;/h9-10,14H,5-8H2,1-4H3;10H,1,6-8H2,2-5H3;2*1H4. The molecule has 7 nitrogen and oxygen atoms in total. The lowest BCUT2D eigenvalue weighted by Crippen LogP contribution is -2.47. The molecule has 7 heteroatoms. The minimum atomic E-state index is -0.440. The Balaban J connectivity index is 0. The average Bonchev–Trinajstić information content (AvgIpc) is 2.58. The molecule has 2 heterocycles. The number of ether oxygens (including phenoxy) is 2. The minimum absolute atomic E-state index is 0. The third-order valence-electron chi connectivity index (χ3n) is 5.32. The molecule has 0 aromatic heterocycles. The van der Waals surface area contributed by atoms with Gasteiger partial charge in [-0.05, 0) is 87.0 Å². The number of carbonyl (C=O) groups is 2. The van der Waals surface area contributed by atoms with Crippen molar-refractivity contribution in [3.8, 4) is 0 Å². The Morgan fingerprint density at radius 1 is 0.939 bits per heavy atom. The molecule has 0 aromatic rings. The summed E-state index contributed by atoms with van der Waals surface area (Å²) >= 11 is 0. The molecule has 0 aromatic carbocycles. The first kappa shape index (κ1) is 33.4. The number of nitrogens with zero attached hydrogens (tertiary/aromatic N) is 2. The fourth-order valence-corrected chi connectivity index (χ4v) is 3.75. The van der Waals surface area contributed by atoms with Crippen molar-refractivity contribution in [3.63, 3.8) is 0 Å². The molecule has 33 heavy (non-hydrogen) atoms. The number of aliphatic hydroxyl groups is 1. The van der Waals surface area contributed by atoms with E-state index in [0.29, 0.717) is 12.5 Å². The monoisotopic (exact) mass is 472 g/mol. The van der Waals surface area contributed by atoms with Gasteiger partial charge in [-0.1, -0.05) is 27.0 Å². The predicted molar refractivity (Wildman–Crippen MR) is 136 cm³/mol. The minimum Gasteiger partial charge on any atom is -0.444 e. The van der Waals surface area contributed by atoms with Crippen molar-refractivity contribution in [2.75, 3.05) is 19.7 Å².